The zero-order valence-corrected chi connectivity index (χ0v) is 21.3. The average Bonchev–Trinajstić information content (AvgIpc) is 2.78. The molecule has 0 heterocycles. The number of esters is 2. The predicted molar refractivity (Wildman–Crippen MR) is 131 cm³/mol. The van der Waals surface area contributed by atoms with Crippen LogP contribution in [0.15, 0.2) is 24.3 Å². The second kappa shape index (κ2) is 16.2. The molecule has 1 rings (SSSR count). The molecule has 0 unspecified atom stereocenters. The maximum Gasteiger partial charge on any atom is 0.329 e. The normalized spacial score (nSPS) is 12.3. The number of nitrogens with zero attached hydrogens (tertiary/aromatic N) is 1. The molecule has 2 amide bonds. The van der Waals surface area contributed by atoms with Crippen LogP contribution in [0.1, 0.15) is 32.8 Å². The zero-order chi connectivity index (χ0) is 25.5. The number of hydrogen-bond donors (Lipinski definition) is 2. The molecular weight excluding hydrogens is 485 g/mol. The van der Waals surface area contributed by atoms with Crippen molar-refractivity contribution in [3.05, 3.63) is 29.8 Å². The number of halogens is 2. The van der Waals surface area contributed by atoms with Gasteiger partial charge in [0.05, 0.1) is 19.6 Å². The first-order chi connectivity index (χ1) is 16.2. The van der Waals surface area contributed by atoms with Crippen molar-refractivity contribution in [2.45, 2.75) is 45.7 Å². The Balaban J connectivity index is 2.99. The molecule has 0 bridgehead atoms. The summed E-state index contributed by atoms with van der Waals surface area (Å²) in [5.41, 5.74) is 1.72. The number of benzene rings is 1. The summed E-state index contributed by atoms with van der Waals surface area (Å²) in [6.07, 6.45) is -0.206. The smallest absolute Gasteiger partial charge is 0.329 e. The summed E-state index contributed by atoms with van der Waals surface area (Å²) in [6.45, 7) is 6.05. The first-order valence-corrected chi connectivity index (χ1v) is 12.2. The molecule has 11 heteroatoms. The Morgan fingerprint density at radius 2 is 1.50 bits per heavy atom. The molecule has 0 aliphatic heterocycles. The molecule has 0 fully saturated rings. The maximum atomic E-state index is 13.0. The van der Waals surface area contributed by atoms with Crippen LogP contribution < -0.4 is 15.5 Å². The number of amides is 2. The number of ether oxygens (including phenoxy) is 2. The van der Waals surface area contributed by atoms with Gasteiger partial charge < -0.3 is 25.0 Å². The first kappa shape index (κ1) is 29.5. The Morgan fingerprint density at radius 1 is 0.912 bits per heavy atom. The van der Waals surface area contributed by atoms with Gasteiger partial charge in [0.25, 0.3) is 0 Å². The molecule has 9 nitrogen and oxygen atoms in total. The fourth-order valence-electron chi connectivity index (χ4n) is 3.20. The lowest BCUT2D eigenvalue weighted by Crippen LogP contribution is -2.53. The third kappa shape index (κ3) is 10.6. The third-order valence-electron chi connectivity index (χ3n) is 4.71. The van der Waals surface area contributed by atoms with Crippen LogP contribution in [0.4, 0.5) is 5.69 Å². The lowest BCUT2D eigenvalue weighted by atomic mass is 10.0. The van der Waals surface area contributed by atoms with Gasteiger partial charge in [0.2, 0.25) is 11.8 Å². The van der Waals surface area contributed by atoms with E-state index in [0.29, 0.717) is 24.8 Å². The average molecular weight is 518 g/mol. The van der Waals surface area contributed by atoms with E-state index in [1.165, 1.54) is 6.92 Å². The highest BCUT2D eigenvalue weighted by Crippen LogP contribution is 2.17. The van der Waals surface area contributed by atoms with Gasteiger partial charge in [-0.1, -0.05) is 12.1 Å². The quantitative estimate of drug-likeness (QED) is 0.270. The standard InChI is InChI=1S/C23H33Cl2N3O6/c1-4-33-21(30)15-20(23(32)34-5-2)27-22(31)19(26-16(3)29)14-17-6-8-18(9-7-17)28(12-10-24)13-11-25/h6-9,19-20H,4-5,10-15H2,1-3H3,(H,26,29)(H,27,31)/t19-,20-/m0/s1. The summed E-state index contributed by atoms with van der Waals surface area (Å²) in [4.78, 5) is 50.9. The Bertz CT molecular complexity index is 800. The van der Waals surface area contributed by atoms with E-state index < -0.39 is 35.8 Å². The predicted octanol–water partition coefficient (Wildman–Crippen LogP) is 2.02. The summed E-state index contributed by atoms with van der Waals surface area (Å²) < 4.78 is 9.85. The van der Waals surface area contributed by atoms with E-state index in [4.69, 9.17) is 32.7 Å². The molecule has 0 aliphatic carbocycles. The van der Waals surface area contributed by atoms with Gasteiger partial charge in [-0.15, -0.1) is 23.2 Å². The van der Waals surface area contributed by atoms with E-state index in [1.54, 1.807) is 13.8 Å². The summed E-state index contributed by atoms with van der Waals surface area (Å²) >= 11 is 11.7. The van der Waals surface area contributed by atoms with E-state index in [2.05, 4.69) is 10.6 Å². The van der Waals surface area contributed by atoms with Crippen molar-refractivity contribution in [3.8, 4) is 0 Å². The molecular formula is C23H33Cl2N3O6. The Morgan fingerprint density at radius 3 is 2.00 bits per heavy atom. The van der Waals surface area contributed by atoms with Crippen molar-refractivity contribution in [1.29, 1.82) is 0 Å². The van der Waals surface area contributed by atoms with Gasteiger partial charge in [0.15, 0.2) is 0 Å². The SMILES string of the molecule is CCOC(=O)C[C@H](NC(=O)[C@H](Cc1ccc(N(CCCl)CCCl)cc1)NC(C)=O)C(=O)OCC. The lowest BCUT2D eigenvalue weighted by molar-refractivity contribution is -0.153. The van der Waals surface area contributed by atoms with Crippen LogP contribution in [0.25, 0.3) is 0 Å². The molecule has 0 aliphatic rings. The van der Waals surface area contributed by atoms with E-state index >= 15 is 0 Å². The molecule has 190 valence electrons. The number of hydrogen-bond acceptors (Lipinski definition) is 7. The van der Waals surface area contributed by atoms with Crippen molar-refractivity contribution < 1.29 is 28.7 Å². The molecule has 2 atom stereocenters. The van der Waals surface area contributed by atoms with Gasteiger partial charge in [-0.2, -0.15) is 0 Å². The number of carbonyl (C=O) groups is 4. The molecule has 0 aromatic heterocycles. The molecule has 0 radical (unpaired) electrons. The molecule has 0 saturated heterocycles. The minimum atomic E-state index is -1.23. The minimum Gasteiger partial charge on any atom is -0.466 e. The Labute approximate surface area is 210 Å². The molecule has 34 heavy (non-hydrogen) atoms. The molecule has 0 spiro atoms. The maximum absolute atomic E-state index is 13.0. The number of anilines is 1. The van der Waals surface area contributed by atoms with Gasteiger partial charge in [-0.25, -0.2) is 4.79 Å². The van der Waals surface area contributed by atoms with Crippen molar-refractivity contribution in [2.24, 2.45) is 0 Å². The molecule has 2 N–H and O–H groups in total. The third-order valence-corrected chi connectivity index (χ3v) is 5.05. The van der Waals surface area contributed by atoms with Gasteiger partial charge >= 0.3 is 11.9 Å². The number of nitrogens with one attached hydrogen (secondary N) is 2. The van der Waals surface area contributed by atoms with E-state index in [9.17, 15) is 19.2 Å². The van der Waals surface area contributed by atoms with Gasteiger partial charge in [-0.05, 0) is 31.5 Å². The van der Waals surface area contributed by atoms with Crippen molar-refractivity contribution in [2.75, 3.05) is 43.0 Å². The second-order valence-electron chi connectivity index (χ2n) is 7.31. The van der Waals surface area contributed by atoms with E-state index in [1.807, 2.05) is 29.2 Å². The van der Waals surface area contributed by atoms with E-state index in [-0.39, 0.29) is 26.1 Å². The zero-order valence-electron chi connectivity index (χ0n) is 19.8. The molecule has 0 saturated carbocycles. The van der Waals surface area contributed by atoms with Crippen LogP contribution >= 0.6 is 23.2 Å². The summed E-state index contributed by atoms with van der Waals surface area (Å²) in [6, 6.07) is 5.26. The second-order valence-corrected chi connectivity index (χ2v) is 8.07. The summed E-state index contributed by atoms with van der Waals surface area (Å²) in [5.74, 6) is -1.52. The number of alkyl halides is 2. The van der Waals surface area contributed by atoms with Crippen LogP contribution in [-0.4, -0.2) is 73.9 Å². The van der Waals surface area contributed by atoms with Crippen LogP contribution in [0, 0.1) is 0 Å². The molecule has 1 aromatic carbocycles. The van der Waals surface area contributed by atoms with Crippen LogP contribution in [0.2, 0.25) is 0 Å². The van der Waals surface area contributed by atoms with Crippen molar-refractivity contribution in [3.63, 3.8) is 0 Å². The largest absolute Gasteiger partial charge is 0.466 e. The van der Waals surface area contributed by atoms with Gasteiger partial charge in [-0.3, -0.25) is 14.4 Å². The highest BCUT2D eigenvalue weighted by Gasteiger charge is 2.29. The Kier molecular flexibility index (Phi) is 14.0. The van der Waals surface area contributed by atoms with Gasteiger partial charge in [0.1, 0.15) is 12.1 Å². The van der Waals surface area contributed by atoms with Crippen LogP contribution in [0.3, 0.4) is 0 Å². The fourth-order valence-corrected chi connectivity index (χ4v) is 3.61. The summed E-state index contributed by atoms with van der Waals surface area (Å²) in [7, 11) is 0. The number of carbonyl (C=O) groups excluding carboxylic acids is 4. The Hall–Kier alpha value is -2.52. The van der Waals surface area contributed by atoms with Gasteiger partial charge in [0, 0.05) is 43.9 Å². The number of rotatable bonds is 15. The first-order valence-electron chi connectivity index (χ1n) is 11.1. The minimum absolute atomic E-state index is 0.0833. The monoisotopic (exact) mass is 517 g/mol. The van der Waals surface area contributed by atoms with Crippen LogP contribution in [-0.2, 0) is 35.1 Å². The molecule has 1 aromatic rings. The fraction of sp³-hybridized carbons (Fsp3) is 0.565. The summed E-state index contributed by atoms with van der Waals surface area (Å²) in [5, 5.41) is 5.11. The highest BCUT2D eigenvalue weighted by atomic mass is 35.5. The lowest BCUT2D eigenvalue weighted by Gasteiger charge is -2.24. The van der Waals surface area contributed by atoms with Crippen molar-refractivity contribution >= 4 is 52.6 Å². The topological polar surface area (TPSA) is 114 Å². The van der Waals surface area contributed by atoms with E-state index in [0.717, 1.165) is 11.3 Å². The van der Waals surface area contributed by atoms with Crippen molar-refractivity contribution in [1.82, 2.24) is 10.6 Å². The highest BCUT2D eigenvalue weighted by molar-refractivity contribution is 6.18. The van der Waals surface area contributed by atoms with Crippen LogP contribution in [0.5, 0.6) is 0 Å².